The average molecular weight is 379 g/mol. The number of nitrogens with two attached hydrogens (primary N) is 1. The van der Waals surface area contributed by atoms with Gasteiger partial charge in [-0.25, -0.2) is 0 Å². The van der Waals surface area contributed by atoms with Crippen molar-refractivity contribution in [2.45, 2.75) is 25.9 Å². The lowest BCUT2D eigenvalue weighted by Crippen LogP contribution is -2.18. The summed E-state index contributed by atoms with van der Waals surface area (Å²) in [6.45, 7) is 4.20. The van der Waals surface area contributed by atoms with Gasteiger partial charge in [0, 0.05) is 17.8 Å². The molecule has 0 aliphatic carbocycles. The third-order valence-electron chi connectivity index (χ3n) is 2.53. The van der Waals surface area contributed by atoms with E-state index in [1.165, 1.54) is 0 Å². The van der Waals surface area contributed by atoms with Crippen molar-refractivity contribution < 1.29 is 0 Å². The number of rotatable bonds is 3. The van der Waals surface area contributed by atoms with Crippen molar-refractivity contribution in [1.82, 2.24) is 9.78 Å². The van der Waals surface area contributed by atoms with E-state index in [1.54, 1.807) is 17.5 Å². The van der Waals surface area contributed by atoms with Crippen LogP contribution in [0.3, 0.4) is 0 Å². The fraction of sp³-hybridized carbons (Fsp3) is 0.364. The molecule has 0 bridgehead atoms. The largest absolute Gasteiger partial charge is 0.319 e. The highest BCUT2D eigenvalue weighted by Crippen LogP contribution is 2.37. The summed E-state index contributed by atoms with van der Waals surface area (Å²) in [7, 11) is 0. The van der Waals surface area contributed by atoms with Crippen molar-refractivity contribution >= 4 is 43.2 Å². The van der Waals surface area contributed by atoms with Crippen LogP contribution in [0.15, 0.2) is 25.9 Å². The van der Waals surface area contributed by atoms with Crippen LogP contribution in [0.5, 0.6) is 0 Å². The zero-order valence-corrected chi connectivity index (χ0v) is 13.5. The van der Waals surface area contributed by atoms with E-state index < -0.39 is 0 Å². The lowest BCUT2D eigenvalue weighted by molar-refractivity contribution is 0.499. The summed E-state index contributed by atoms with van der Waals surface area (Å²) in [6.07, 6.45) is 1.80. The maximum Gasteiger partial charge on any atom is 0.0762 e. The normalized spacial score (nSPS) is 13.3. The zero-order chi connectivity index (χ0) is 12.6. The minimum absolute atomic E-state index is 0.156. The van der Waals surface area contributed by atoms with Gasteiger partial charge in [-0.3, -0.25) is 4.68 Å². The minimum Gasteiger partial charge on any atom is -0.319 e. The standard InChI is InChI=1S/C11H13Br2N3S/c1-6(2)16-8(3-4-15-16)10(14)7-5-9(12)17-11(7)13/h3-6,10H,14H2,1-2H3. The van der Waals surface area contributed by atoms with Crippen LogP contribution in [0.25, 0.3) is 0 Å². The molecule has 2 N–H and O–H groups in total. The maximum absolute atomic E-state index is 6.31. The summed E-state index contributed by atoms with van der Waals surface area (Å²) in [4.78, 5) is 0. The van der Waals surface area contributed by atoms with Crippen LogP contribution < -0.4 is 5.73 Å². The van der Waals surface area contributed by atoms with Gasteiger partial charge in [-0.1, -0.05) is 0 Å². The predicted molar refractivity (Wildman–Crippen MR) is 78.4 cm³/mol. The number of thiophene rings is 1. The van der Waals surface area contributed by atoms with E-state index in [1.807, 2.05) is 10.7 Å². The van der Waals surface area contributed by atoms with Crippen molar-refractivity contribution in [2.24, 2.45) is 5.73 Å². The average Bonchev–Trinajstić information content (AvgIpc) is 2.83. The predicted octanol–water partition coefficient (Wildman–Crippen LogP) is 4.10. The second-order valence-electron chi connectivity index (χ2n) is 4.05. The molecule has 0 aromatic carbocycles. The van der Waals surface area contributed by atoms with E-state index in [4.69, 9.17) is 5.73 Å². The highest BCUT2D eigenvalue weighted by Gasteiger charge is 2.19. The van der Waals surface area contributed by atoms with Gasteiger partial charge in [0.15, 0.2) is 0 Å². The molecule has 2 aromatic rings. The molecule has 92 valence electrons. The molecule has 6 heteroatoms. The molecular weight excluding hydrogens is 366 g/mol. The number of nitrogens with zero attached hydrogens (tertiary/aromatic N) is 2. The molecule has 0 spiro atoms. The molecule has 2 heterocycles. The Kier molecular flexibility index (Phi) is 4.07. The summed E-state index contributed by atoms with van der Waals surface area (Å²) in [5, 5.41) is 4.31. The van der Waals surface area contributed by atoms with Gasteiger partial charge in [0.25, 0.3) is 0 Å². The number of aromatic nitrogens is 2. The summed E-state index contributed by atoms with van der Waals surface area (Å²) in [6, 6.07) is 4.18. The first kappa shape index (κ1) is 13.3. The Bertz CT molecular complexity index is 519. The summed E-state index contributed by atoms with van der Waals surface area (Å²) >= 11 is 8.65. The Morgan fingerprint density at radius 1 is 1.41 bits per heavy atom. The van der Waals surface area contributed by atoms with Gasteiger partial charge in [-0.05, 0) is 57.8 Å². The molecule has 2 aromatic heterocycles. The SMILES string of the molecule is CC(C)n1nccc1C(N)c1cc(Br)sc1Br. The smallest absolute Gasteiger partial charge is 0.0762 e. The third-order valence-corrected chi connectivity index (χ3v) is 4.91. The Morgan fingerprint density at radius 3 is 2.65 bits per heavy atom. The molecule has 0 aliphatic heterocycles. The molecule has 0 amide bonds. The first-order chi connectivity index (χ1) is 8.00. The lowest BCUT2D eigenvalue weighted by atomic mass is 10.1. The van der Waals surface area contributed by atoms with E-state index in [0.717, 1.165) is 18.8 Å². The molecule has 0 fully saturated rings. The van der Waals surface area contributed by atoms with Gasteiger partial charge in [0.2, 0.25) is 0 Å². The van der Waals surface area contributed by atoms with Crippen LogP contribution in [-0.4, -0.2) is 9.78 Å². The summed E-state index contributed by atoms with van der Waals surface area (Å²) in [5.74, 6) is 0. The van der Waals surface area contributed by atoms with Gasteiger partial charge in [0.05, 0.1) is 19.3 Å². The minimum atomic E-state index is -0.156. The van der Waals surface area contributed by atoms with Crippen LogP contribution in [0.4, 0.5) is 0 Å². The van der Waals surface area contributed by atoms with Gasteiger partial charge in [-0.15, -0.1) is 11.3 Å². The quantitative estimate of drug-likeness (QED) is 0.873. The van der Waals surface area contributed by atoms with Crippen LogP contribution in [0.2, 0.25) is 0 Å². The molecule has 0 saturated carbocycles. The van der Waals surface area contributed by atoms with E-state index in [-0.39, 0.29) is 6.04 Å². The first-order valence-corrected chi connectivity index (χ1v) is 7.64. The second-order valence-corrected chi connectivity index (χ2v) is 7.80. The molecule has 0 aliphatic rings. The van der Waals surface area contributed by atoms with Crippen molar-refractivity contribution in [3.8, 4) is 0 Å². The molecule has 1 unspecified atom stereocenters. The third kappa shape index (κ3) is 2.65. The Labute approximate surface area is 121 Å². The first-order valence-electron chi connectivity index (χ1n) is 5.24. The molecule has 3 nitrogen and oxygen atoms in total. The van der Waals surface area contributed by atoms with Crippen molar-refractivity contribution in [3.05, 3.63) is 37.2 Å². The van der Waals surface area contributed by atoms with Crippen LogP contribution in [0, 0.1) is 0 Å². The van der Waals surface area contributed by atoms with E-state index in [0.29, 0.717) is 6.04 Å². The van der Waals surface area contributed by atoms with Crippen LogP contribution in [0.1, 0.15) is 37.2 Å². The Hall–Kier alpha value is -0.170. The van der Waals surface area contributed by atoms with Crippen LogP contribution >= 0.6 is 43.2 Å². The molecule has 0 saturated heterocycles. The lowest BCUT2D eigenvalue weighted by Gasteiger charge is -2.16. The second kappa shape index (κ2) is 5.22. The molecule has 1 atom stereocenters. The van der Waals surface area contributed by atoms with E-state index in [9.17, 15) is 0 Å². The van der Waals surface area contributed by atoms with E-state index in [2.05, 4.69) is 56.9 Å². The number of hydrogen-bond acceptors (Lipinski definition) is 3. The highest BCUT2D eigenvalue weighted by atomic mass is 79.9. The van der Waals surface area contributed by atoms with Crippen LogP contribution in [-0.2, 0) is 0 Å². The molecule has 0 radical (unpaired) electrons. The topological polar surface area (TPSA) is 43.8 Å². The maximum atomic E-state index is 6.31. The highest BCUT2D eigenvalue weighted by molar-refractivity contribution is 9.12. The Morgan fingerprint density at radius 2 is 2.12 bits per heavy atom. The van der Waals surface area contributed by atoms with Gasteiger partial charge in [0.1, 0.15) is 0 Å². The summed E-state index contributed by atoms with van der Waals surface area (Å²) in [5.41, 5.74) is 8.43. The van der Waals surface area contributed by atoms with E-state index >= 15 is 0 Å². The van der Waals surface area contributed by atoms with Crippen molar-refractivity contribution in [1.29, 1.82) is 0 Å². The number of hydrogen-bond donors (Lipinski definition) is 1. The molecular formula is C11H13Br2N3S. The fourth-order valence-corrected chi connectivity index (χ4v) is 4.66. The molecule has 2 rings (SSSR count). The van der Waals surface area contributed by atoms with Gasteiger partial charge >= 0.3 is 0 Å². The van der Waals surface area contributed by atoms with Crippen molar-refractivity contribution in [2.75, 3.05) is 0 Å². The van der Waals surface area contributed by atoms with Gasteiger partial charge < -0.3 is 5.73 Å². The number of halogens is 2. The van der Waals surface area contributed by atoms with Crippen molar-refractivity contribution in [3.63, 3.8) is 0 Å². The Balaban J connectivity index is 2.40. The monoisotopic (exact) mass is 377 g/mol. The fourth-order valence-electron chi connectivity index (χ4n) is 1.73. The van der Waals surface area contributed by atoms with Gasteiger partial charge in [-0.2, -0.15) is 5.10 Å². The molecule has 17 heavy (non-hydrogen) atoms. The zero-order valence-electron chi connectivity index (χ0n) is 9.52. The summed E-state index contributed by atoms with van der Waals surface area (Å²) < 4.78 is 4.10.